The van der Waals surface area contributed by atoms with E-state index in [0.29, 0.717) is 11.1 Å². The number of carbonyl (C=O) groups is 1. The van der Waals surface area contributed by atoms with Crippen LogP contribution in [0, 0.1) is 12.8 Å². The number of thioether (sulfide) groups is 1. The van der Waals surface area contributed by atoms with Gasteiger partial charge in [0.15, 0.2) is 5.16 Å². The number of aromatic nitrogens is 2. The average Bonchev–Trinajstić information content (AvgIpc) is 3.01. The fourth-order valence-corrected chi connectivity index (χ4v) is 5.72. The number of H-pyrrole nitrogens is 1. The average molecular weight is 414 g/mol. The van der Waals surface area contributed by atoms with E-state index in [2.05, 4.69) is 22.2 Å². The molecule has 1 aliphatic carbocycles. The Morgan fingerprint density at radius 1 is 1.36 bits per heavy atom. The van der Waals surface area contributed by atoms with Gasteiger partial charge in [-0.3, -0.25) is 9.59 Å². The van der Waals surface area contributed by atoms with E-state index in [-0.39, 0.29) is 16.7 Å². The molecule has 7 heteroatoms. The Morgan fingerprint density at radius 3 is 2.86 bits per heavy atom. The van der Waals surface area contributed by atoms with Crippen molar-refractivity contribution < 1.29 is 4.79 Å². The molecule has 2 heterocycles. The van der Waals surface area contributed by atoms with Crippen LogP contribution in [0.2, 0.25) is 0 Å². The zero-order chi connectivity index (χ0) is 19.8. The summed E-state index contributed by atoms with van der Waals surface area (Å²) in [5, 5.41) is 3.77. The molecule has 2 aromatic heterocycles. The lowest BCUT2D eigenvalue weighted by Crippen LogP contribution is -2.23. The Bertz CT molecular complexity index is 1090. The quantitative estimate of drug-likeness (QED) is 0.486. The molecule has 1 aliphatic rings. The summed E-state index contributed by atoms with van der Waals surface area (Å²) in [4.78, 5) is 34.8. The van der Waals surface area contributed by atoms with Crippen molar-refractivity contribution >= 4 is 44.9 Å². The minimum atomic E-state index is -0.378. The summed E-state index contributed by atoms with van der Waals surface area (Å²) >= 11 is 2.90. The van der Waals surface area contributed by atoms with E-state index in [0.717, 1.165) is 40.7 Å². The molecule has 0 fully saturated rings. The zero-order valence-electron chi connectivity index (χ0n) is 16.2. The topological polar surface area (TPSA) is 74.8 Å². The third kappa shape index (κ3) is 3.86. The molecule has 146 valence electrons. The van der Waals surface area contributed by atoms with Crippen LogP contribution < -0.4 is 10.9 Å². The van der Waals surface area contributed by atoms with Gasteiger partial charge in [0.1, 0.15) is 4.83 Å². The summed E-state index contributed by atoms with van der Waals surface area (Å²) in [5.41, 5.74) is 2.99. The second-order valence-corrected chi connectivity index (χ2v) is 9.93. The fourth-order valence-electron chi connectivity index (χ4n) is 3.49. The lowest BCUT2D eigenvalue weighted by molar-refractivity contribution is -0.115. The molecule has 3 aromatic rings. The number of amides is 1. The lowest BCUT2D eigenvalue weighted by atomic mass is 9.89. The molecule has 5 nitrogen and oxygen atoms in total. The van der Waals surface area contributed by atoms with Crippen LogP contribution in [-0.4, -0.2) is 21.1 Å². The number of benzene rings is 1. The minimum Gasteiger partial charge on any atom is -0.325 e. The predicted molar refractivity (Wildman–Crippen MR) is 117 cm³/mol. The maximum absolute atomic E-state index is 12.7. The summed E-state index contributed by atoms with van der Waals surface area (Å²) in [6.07, 6.45) is 3.09. The van der Waals surface area contributed by atoms with Gasteiger partial charge < -0.3 is 10.3 Å². The Labute approximate surface area is 172 Å². The molecular weight excluding hydrogens is 390 g/mol. The first kappa shape index (κ1) is 19.2. The number of hydrogen-bond donors (Lipinski definition) is 2. The molecule has 4 rings (SSSR count). The van der Waals surface area contributed by atoms with Crippen molar-refractivity contribution in [2.24, 2.45) is 5.92 Å². The third-order valence-electron chi connectivity index (χ3n) is 5.12. The van der Waals surface area contributed by atoms with Crippen LogP contribution in [0.1, 0.15) is 36.3 Å². The highest BCUT2D eigenvalue weighted by molar-refractivity contribution is 8.00. The number of rotatable bonds is 4. The fraction of sp³-hybridized carbons (Fsp3) is 0.381. The van der Waals surface area contributed by atoms with Crippen molar-refractivity contribution in [3.63, 3.8) is 0 Å². The van der Waals surface area contributed by atoms with Crippen LogP contribution in [0.5, 0.6) is 0 Å². The maximum atomic E-state index is 12.7. The number of nitrogens with one attached hydrogen (secondary N) is 2. The number of aryl methyl sites for hydroxylation is 2. The van der Waals surface area contributed by atoms with Gasteiger partial charge in [-0.05, 0) is 56.7 Å². The van der Waals surface area contributed by atoms with Crippen molar-refractivity contribution in [2.45, 2.75) is 50.4 Å². The molecule has 0 saturated heterocycles. The summed E-state index contributed by atoms with van der Waals surface area (Å²) in [5.74, 6) is 0.537. The number of carbonyl (C=O) groups excluding carboxylic acids is 1. The van der Waals surface area contributed by atoms with E-state index in [1.807, 2.05) is 38.1 Å². The largest absolute Gasteiger partial charge is 0.325 e. The minimum absolute atomic E-state index is 0.0919. The summed E-state index contributed by atoms with van der Waals surface area (Å²) in [6, 6.07) is 7.68. The summed E-state index contributed by atoms with van der Waals surface area (Å²) in [6.45, 7) is 6.07. The van der Waals surface area contributed by atoms with Crippen molar-refractivity contribution in [3.8, 4) is 0 Å². The highest BCUT2D eigenvalue weighted by Gasteiger charge is 2.24. The van der Waals surface area contributed by atoms with E-state index in [4.69, 9.17) is 0 Å². The third-order valence-corrected chi connectivity index (χ3v) is 7.25. The van der Waals surface area contributed by atoms with E-state index < -0.39 is 0 Å². The Balaban J connectivity index is 1.53. The van der Waals surface area contributed by atoms with Crippen LogP contribution in [0.4, 0.5) is 5.69 Å². The SMILES string of the molecule is Cc1ccc(NC(=O)C(C)Sc2nc3sc4c(c3c(=O)[nH]2)CCC(C)C4)cc1. The molecule has 1 aromatic carbocycles. The lowest BCUT2D eigenvalue weighted by Gasteiger charge is -2.17. The first-order valence-corrected chi connectivity index (χ1v) is 11.2. The number of thiophene rings is 1. The van der Waals surface area contributed by atoms with Gasteiger partial charge in [0.25, 0.3) is 5.56 Å². The Morgan fingerprint density at radius 2 is 2.11 bits per heavy atom. The van der Waals surface area contributed by atoms with Gasteiger partial charge in [0, 0.05) is 10.6 Å². The van der Waals surface area contributed by atoms with Crippen molar-refractivity contribution in [1.82, 2.24) is 9.97 Å². The van der Waals surface area contributed by atoms with Crippen LogP contribution >= 0.6 is 23.1 Å². The van der Waals surface area contributed by atoms with Gasteiger partial charge in [0.2, 0.25) is 5.91 Å². The van der Waals surface area contributed by atoms with E-state index >= 15 is 0 Å². The number of anilines is 1. The van der Waals surface area contributed by atoms with Gasteiger partial charge in [-0.25, -0.2) is 4.98 Å². The molecule has 0 aliphatic heterocycles. The van der Waals surface area contributed by atoms with Crippen molar-refractivity contribution in [1.29, 1.82) is 0 Å². The molecule has 2 unspecified atom stereocenters. The van der Waals surface area contributed by atoms with Crippen LogP contribution in [-0.2, 0) is 17.6 Å². The molecule has 2 N–H and O–H groups in total. The highest BCUT2D eigenvalue weighted by Crippen LogP contribution is 2.36. The second-order valence-electron chi connectivity index (χ2n) is 7.52. The van der Waals surface area contributed by atoms with Crippen LogP contribution in [0.25, 0.3) is 10.2 Å². The van der Waals surface area contributed by atoms with Crippen molar-refractivity contribution in [2.75, 3.05) is 5.32 Å². The van der Waals surface area contributed by atoms with Gasteiger partial charge in [-0.2, -0.15) is 0 Å². The standard InChI is InChI=1S/C21H23N3O2S2/c1-11-4-7-14(8-5-11)22-18(25)13(3)27-21-23-19(26)17-15-9-6-12(2)10-16(15)28-20(17)24-21/h4-5,7-8,12-13H,6,9-10H2,1-3H3,(H,22,25)(H,23,24,26). The second kappa shape index (κ2) is 7.72. The Hall–Kier alpha value is -2.12. The molecule has 28 heavy (non-hydrogen) atoms. The summed E-state index contributed by atoms with van der Waals surface area (Å²) < 4.78 is 0. The van der Waals surface area contributed by atoms with Gasteiger partial charge in [-0.1, -0.05) is 36.4 Å². The van der Waals surface area contributed by atoms with Crippen LogP contribution in [0.3, 0.4) is 0 Å². The first-order chi connectivity index (χ1) is 13.4. The summed E-state index contributed by atoms with van der Waals surface area (Å²) in [7, 11) is 0. The molecule has 0 radical (unpaired) electrons. The maximum Gasteiger partial charge on any atom is 0.260 e. The molecular formula is C21H23N3O2S2. The number of aromatic amines is 1. The number of hydrogen-bond acceptors (Lipinski definition) is 5. The first-order valence-electron chi connectivity index (χ1n) is 9.49. The molecule has 0 saturated carbocycles. The zero-order valence-corrected chi connectivity index (χ0v) is 17.8. The number of nitrogens with zero attached hydrogens (tertiary/aromatic N) is 1. The van der Waals surface area contributed by atoms with Gasteiger partial charge >= 0.3 is 0 Å². The molecule has 2 atom stereocenters. The normalized spacial score (nSPS) is 17.3. The van der Waals surface area contributed by atoms with E-state index in [9.17, 15) is 9.59 Å². The molecule has 1 amide bonds. The smallest absolute Gasteiger partial charge is 0.260 e. The highest BCUT2D eigenvalue weighted by atomic mass is 32.2. The van der Waals surface area contributed by atoms with Gasteiger partial charge in [0.05, 0.1) is 10.6 Å². The molecule has 0 spiro atoms. The molecule has 0 bridgehead atoms. The van der Waals surface area contributed by atoms with Crippen molar-refractivity contribution in [3.05, 3.63) is 50.6 Å². The van der Waals surface area contributed by atoms with Gasteiger partial charge in [-0.15, -0.1) is 11.3 Å². The van der Waals surface area contributed by atoms with E-state index in [1.165, 1.54) is 22.2 Å². The monoisotopic (exact) mass is 413 g/mol. The van der Waals surface area contributed by atoms with Crippen LogP contribution in [0.15, 0.2) is 34.2 Å². The van der Waals surface area contributed by atoms with E-state index in [1.54, 1.807) is 11.3 Å². The number of fused-ring (bicyclic) bond motifs is 3. The Kier molecular flexibility index (Phi) is 5.29. The predicted octanol–water partition coefficient (Wildman–Crippen LogP) is 4.54.